The van der Waals surface area contributed by atoms with Crippen molar-refractivity contribution in [3.05, 3.63) is 0 Å². The summed E-state index contributed by atoms with van der Waals surface area (Å²) in [5, 5.41) is 2.77. The van der Waals surface area contributed by atoms with E-state index in [9.17, 15) is 4.79 Å². The Hall–Kier alpha value is -0.770. The zero-order chi connectivity index (χ0) is 11.4. The second-order valence-corrected chi connectivity index (χ2v) is 5.11. The molecule has 0 radical (unpaired) electrons. The third kappa shape index (κ3) is 6.71. The number of nitrogens with zero attached hydrogens (tertiary/aromatic N) is 1. The monoisotopic (exact) mass is 201 g/mol. The van der Waals surface area contributed by atoms with Gasteiger partial charge in [-0.2, -0.15) is 0 Å². The summed E-state index contributed by atoms with van der Waals surface area (Å²) in [7, 11) is 3.43. The summed E-state index contributed by atoms with van der Waals surface area (Å²) in [4.78, 5) is 12.7. The van der Waals surface area contributed by atoms with Crippen molar-refractivity contribution in [1.82, 2.24) is 10.2 Å². The van der Waals surface area contributed by atoms with Crippen LogP contribution < -0.4 is 11.1 Å². The molecular weight excluding hydrogens is 178 g/mol. The third-order valence-electron chi connectivity index (χ3n) is 1.80. The van der Waals surface area contributed by atoms with E-state index < -0.39 is 0 Å². The Morgan fingerprint density at radius 3 is 2.29 bits per heavy atom. The summed E-state index contributed by atoms with van der Waals surface area (Å²) in [5.41, 5.74) is 6.09. The van der Waals surface area contributed by atoms with Crippen molar-refractivity contribution in [2.24, 2.45) is 11.1 Å². The maximum absolute atomic E-state index is 11.2. The molecule has 0 saturated carbocycles. The summed E-state index contributed by atoms with van der Waals surface area (Å²) in [6.07, 6.45) is 0.903. The molecule has 0 rings (SSSR count). The fourth-order valence-electron chi connectivity index (χ4n) is 1.24. The van der Waals surface area contributed by atoms with E-state index >= 15 is 0 Å². The molecule has 0 aliphatic carbocycles. The van der Waals surface area contributed by atoms with Gasteiger partial charge in [-0.25, -0.2) is 4.79 Å². The van der Waals surface area contributed by atoms with Crippen molar-refractivity contribution >= 4 is 6.03 Å². The SMILES string of the molecule is CN(C)C(=O)NCC(N)CC(C)(C)C. The minimum atomic E-state index is -0.0886. The summed E-state index contributed by atoms with van der Waals surface area (Å²) in [6.45, 7) is 6.95. The minimum absolute atomic E-state index is 0.0268. The fourth-order valence-corrected chi connectivity index (χ4v) is 1.24. The molecule has 1 atom stereocenters. The molecule has 0 bridgehead atoms. The van der Waals surface area contributed by atoms with Crippen LogP contribution in [0.2, 0.25) is 0 Å². The van der Waals surface area contributed by atoms with Crippen LogP contribution in [-0.4, -0.2) is 37.6 Å². The smallest absolute Gasteiger partial charge is 0.316 e. The summed E-state index contributed by atoms with van der Waals surface area (Å²) >= 11 is 0. The first-order valence-electron chi connectivity index (χ1n) is 4.93. The molecule has 0 aliphatic heterocycles. The van der Waals surface area contributed by atoms with Gasteiger partial charge in [0.2, 0.25) is 0 Å². The number of rotatable bonds is 3. The first-order valence-corrected chi connectivity index (χ1v) is 4.93. The van der Waals surface area contributed by atoms with Crippen molar-refractivity contribution in [1.29, 1.82) is 0 Å². The molecule has 2 amide bonds. The molecule has 4 nitrogen and oxygen atoms in total. The third-order valence-corrected chi connectivity index (χ3v) is 1.80. The van der Waals surface area contributed by atoms with Crippen LogP contribution in [0.25, 0.3) is 0 Å². The van der Waals surface area contributed by atoms with Gasteiger partial charge in [0.05, 0.1) is 0 Å². The highest BCUT2D eigenvalue weighted by atomic mass is 16.2. The lowest BCUT2D eigenvalue weighted by atomic mass is 9.88. The molecule has 0 aliphatic rings. The first-order chi connectivity index (χ1) is 6.22. The van der Waals surface area contributed by atoms with Crippen LogP contribution in [0, 0.1) is 5.41 Å². The van der Waals surface area contributed by atoms with E-state index in [0.29, 0.717) is 6.54 Å². The molecule has 14 heavy (non-hydrogen) atoms. The molecule has 84 valence electrons. The van der Waals surface area contributed by atoms with Gasteiger partial charge in [0, 0.05) is 26.7 Å². The molecule has 0 fully saturated rings. The number of carbonyl (C=O) groups is 1. The lowest BCUT2D eigenvalue weighted by molar-refractivity contribution is 0.215. The maximum Gasteiger partial charge on any atom is 0.316 e. The van der Waals surface area contributed by atoms with Crippen molar-refractivity contribution in [2.75, 3.05) is 20.6 Å². The Morgan fingerprint density at radius 1 is 1.43 bits per heavy atom. The highest BCUT2D eigenvalue weighted by Crippen LogP contribution is 2.19. The van der Waals surface area contributed by atoms with Crippen LogP contribution in [0.1, 0.15) is 27.2 Å². The van der Waals surface area contributed by atoms with E-state index in [1.165, 1.54) is 4.90 Å². The summed E-state index contributed by atoms with van der Waals surface area (Å²) in [6, 6.07) is -0.0618. The van der Waals surface area contributed by atoms with Crippen molar-refractivity contribution < 1.29 is 4.79 Å². The zero-order valence-corrected chi connectivity index (χ0v) is 9.92. The average Bonchev–Trinajstić information content (AvgIpc) is 1.96. The van der Waals surface area contributed by atoms with Crippen LogP contribution in [-0.2, 0) is 0 Å². The minimum Gasteiger partial charge on any atom is -0.336 e. The molecule has 0 saturated heterocycles. The number of nitrogens with two attached hydrogens (primary N) is 1. The summed E-state index contributed by atoms with van der Waals surface area (Å²) < 4.78 is 0. The normalized spacial score (nSPS) is 13.6. The largest absolute Gasteiger partial charge is 0.336 e. The van der Waals surface area contributed by atoms with Gasteiger partial charge < -0.3 is 16.0 Å². The Kier molecular flexibility index (Phi) is 4.91. The number of carbonyl (C=O) groups excluding carboxylic acids is 1. The van der Waals surface area contributed by atoms with Gasteiger partial charge >= 0.3 is 6.03 Å². The first kappa shape index (κ1) is 13.2. The van der Waals surface area contributed by atoms with Gasteiger partial charge in [-0.3, -0.25) is 0 Å². The molecule has 0 heterocycles. The molecule has 1 unspecified atom stereocenters. The number of nitrogens with one attached hydrogen (secondary N) is 1. The van der Waals surface area contributed by atoms with E-state index in [1.54, 1.807) is 14.1 Å². The predicted molar refractivity (Wildman–Crippen MR) is 59.1 cm³/mol. The van der Waals surface area contributed by atoms with Crippen LogP contribution in [0.15, 0.2) is 0 Å². The predicted octanol–water partition coefficient (Wildman–Crippen LogP) is 1.02. The van der Waals surface area contributed by atoms with E-state index in [2.05, 4.69) is 26.1 Å². The number of hydrogen-bond donors (Lipinski definition) is 2. The van der Waals surface area contributed by atoms with Crippen LogP contribution in [0.4, 0.5) is 4.79 Å². The fraction of sp³-hybridized carbons (Fsp3) is 0.900. The quantitative estimate of drug-likeness (QED) is 0.716. The Labute approximate surface area is 86.8 Å². The van der Waals surface area contributed by atoms with Crippen molar-refractivity contribution in [3.8, 4) is 0 Å². The van der Waals surface area contributed by atoms with Gasteiger partial charge in [-0.15, -0.1) is 0 Å². The van der Waals surface area contributed by atoms with Gasteiger partial charge in [-0.1, -0.05) is 20.8 Å². The Balaban J connectivity index is 3.75. The maximum atomic E-state index is 11.2. The molecule has 3 N–H and O–H groups in total. The summed E-state index contributed by atoms with van der Waals surface area (Å²) in [5.74, 6) is 0. The Bertz CT molecular complexity index is 184. The standard InChI is InChI=1S/C10H23N3O/c1-10(2,3)6-8(11)7-12-9(14)13(4)5/h8H,6-7,11H2,1-5H3,(H,12,14). The molecule has 0 aromatic heterocycles. The second-order valence-electron chi connectivity index (χ2n) is 5.11. The highest BCUT2D eigenvalue weighted by molar-refractivity contribution is 5.73. The molecule has 0 aromatic carbocycles. The van der Waals surface area contributed by atoms with E-state index in [0.717, 1.165) is 6.42 Å². The van der Waals surface area contributed by atoms with E-state index in [1.807, 2.05) is 0 Å². The number of hydrogen-bond acceptors (Lipinski definition) is 2. The number of amides is 2. The number of urea groups is 1. The molecule has 0 aromatic rings. The van der Waals surface area contributed by atoms with Crippen LogP contribution in [0.5, 0.6) is 0 Å². The molecule has 0 spiro atoms. The van der Waals surface area contributed by atoms with E-state index in [-0.39, 0.29) is 17.5 Å². The van der Waals surface area contributed by atoms with Crippen LogP contribution >= 0.6 is 0 Å². The highest BCUT2D eigenvalue weighted by Gasteiger charge is 2.16. The second kappa shape index (κ2) is 5.20. The average molecular weight is 201 g/mol. The molecule has 4 heteroatoms. The van der Waals surface area contributed by atoms with Gasteiger partial charge in [-0.05, 0) is 11.8 Å². The van der Waals surface area contributed by atoms with Crippen LogP contribution in [0.3, 0.4) is 0 Å². The topological polar surface area (TPSA) is 58.4 Å². The van der Waals surface area contributed by atoms with Crippen molar-refractivity contribution in [3.63, 3.8) is 0 Å². The van der Waals surface area contributed by atoms with Gasteiger partial charge in [0.15, 0.2) is 0 Å². The lowest BCUT2D eigenvalue weighted by Crippen LogP contribution is -2.43. The Morgan fingerprint density at radius 2 is 1.93 bits per heavy atom. The van der Waals surface area contributed by atoms with E-state index in [4.69, 9.17) is 5.73 Å². The molecular formula is C10H23N3O. The zero-order valence-electron chi connectivity index (χ0n) is 9.92. The van der Waals surface area contributed by atoms with Gasteiger partial charge in [0.25, 0.3) is 0 Å². The van der Waals surface area contributed by atoms with Gasteiger partial charge in [0.1, 0.15) is 0 Å². The van der Waals surface area contributed by atoms with Crippen molar-refractivity contribution in [2.45, 2.75) is 33.2 Å². The lowest BCUT2D eigenvalue weighted by Gasteiger charge is -2.23.